The van der Waals surface area contributed by atoms with Crippen LogP contribution in [0.3, 0.4) is 0 Å². The summed E-state index contributed by atoms with van der Waals surface area (Å²) in [4.78, 5) is 27.7. The number of amides is 2. The zero-order valence-corrected chi connectivity index (χ0v) is 19.3. The number of ether oxygens (including phenoxy) is 1. The summed E-state index contributed by atoms with van der Waals surface area (Å²) < 4.78 is 5.19. The van der Waals surface area contributed by atoms with E-state index in [1.165, 1.54) is 11.1 Å². The van der Waals surface area contributed by atoms with Crippen LogP contribution in [0.15, 0.2) is 65.4 Å². The van der Waals surface area contributed by atoms with Gasteiger partial charge in [0, 0.05) is 20.1 Å². The van der Waals surface area contributed by atoms with Gasteiger partial charge in [0.15, 0.2) is 0 Å². The van der Waals surface area contributed by atoms with Crippen molar-refractivity contribution in [1.29, 1.82) is 0 Å². The summed E-state index contributed by atoms with van der Waals surface area (Å²) in [5.41, 5.74) is 3.83. The number of hydrogen-bond acceptors (Lipinski definition) is 4. The van der Waals surface area contributed by atoms with Gasteiger partial charge < -0.3 is 15.0 Å². The average molecular weight is 449 g/mol. The molecule has 3 aromatic rings. The lowest BCUT2D eigenvalue weighted by atomic mass is 9.79. The molecule has 2 aromatic carbocycles. The smallest absolute Gasteiger partial charge is 0.228 e. The van der Waals surface area contributed by atoms with Crippen LogP contribution in [0.4, 0.5) is 0 Å². The third kappa shape index (κ3) is 4.70. The Morgan fingerprint density at radius 2 is 1.75 bits per heavy atom. The van der Waals surface area contributed by atoms with Gasteiger partial charge >= 0.3 is 0 Å². The van der Waals surface area contributed by atoms with Crippen LogP contribution < -0.4 is 10.1 Å². The molecule has 2 heterocycles. The Morgan fingerprint density at radius 3 is 2.38 bits per heavy atom. The molecule has 4 rings (SSSR count). The highest BCUT2D eigenvalue weighted by Gasteiger charge is 2.45. The zero-order valence-electron chi connectivity index (χ0n) is 18.5. The molecule has 0 bridgehead atoms. The second-order valence-electron chi connectivity index (χ2n) is 8.34. The topological polar surface area (TPSA) is 58.6 Å². The van der Waals surface area contributed by atoms with E-state index in [9.17, 15) is 9.59 Å². The van der Waals surface area contributed by atoms with Gasteiger partial charge in [-0.2, -0.15) is 11.3 Å². The number of benzene rings is 2. The third-order valence-electron chi connectivity index (χ3n) is 6.28. The summed E-state index contributed by atoms with van der Waals surface area (Å²) in [6.45, 7) is 1.03. The van der Waals surface area contributed by atoms with E-state index in [0.717, 1.165) is 16.9 Å². The van der Waals surface area contributed by atoms with Crippen LogP contribution in [0.1, 0.15) is 17.5 Å². The maximum atomic E-state index is 13.0. The predicted octanol–water partition coefficient (Wildman–Crippen LogP) is 4.17. The van der Waals surface area contributed by atoms with Gasteiger partial charge in [-0.15, -0.1) is 0 Å². The van der Waals surface area contributed by atoms with Crippen molar-refractivity contribution in [2.45, 2.75) is 19.3 Å². The molecule has 1 fully saturated rings. The molecular weight excluding hydrogens is 420 g/mol. The molecule has 1 saturated heterocycles. The molecule has 2 amide bonds. The van der Waals surface area contributed by atoms with E-state index in [-0.39, 0.29) is 11.8 Å². The van der Waals surface area contributed by atoms with Gasteiger partial charge in [0.05, 0.1) is 18.9 Å². The minimum Gasteiger partial charge on any atom is -0.497 e. The van der Waals surface area contributed by atoms with E-state index < -0.39 is 5.41 Å². The van der Waals surface area contributed by atoms with Crippen LogP contribution in [0.2, 0.25) is 0 Å². The fourth-order valence-electron chi connectivity index (χ4n) is 4.42. The van der Waals surface area contributed by atoms with Crippen molar-refractivity contribution < 1.29 is 14.3 Å². The summed E-state index contributed by atoms with van der Waals surface area (Å²) >= 11 is 1.68. The van der Waals surface area contributed by atoms with E-state index in [2.05, 4.69) is 46.4 Å². The molecule has 0 radical (unpaired) electrons. The van der Waals surface area contributed by atoms with E-state index in [0.29, 0.717) is 32.4 Å². The number of methoxy groups -OCH3 is 1. The number of nitrogens with one attached hydrogen (secondary N) is 1. The number of thiophene rings is 1. The molecule has 0 aliphatic carbocycles. The molecule has 32 heavy (non-hydrogen) atoms. The first-order valence-corrected chi connectivity index (χ1v) is 11.7. The van der Waals surface area contributed by atoms with Crippen LogP contribution >= 0.6 is 11.3 Å². The van der Waals surface area contributed by atoms with Gasteiger partial charge in [0.25, 0.3) is 0 Å². The van der Waals surface area contributed by atoms with Crippen LogP contribution in [0, 0.1) is 5.41 Å². The minimum absolute atomic E-state index is 0.000779. The highest BCUT2D eigenvalue weighted by molar-refractivity contribution is 7.08. The first-order valence-electron chi connectivity index (χ1n) is 10.8. The second-order valence-corrected chi connectivity index (χ2v) is 9.12. The Balaban J connectivity index is 1.46. The van der Waals surface area contributed by atoms with Gasteiger partial charge in [-0.3, -0.25) is 9.59 Å². The molecule has 1 aliphatic rings. The SMILES string of the molecule is CNC(=O)C1(Cc2ccc(-c3ccsc3)cc2)CCN(C(=O)Cc2ccc(OC)cc2)C1. The molecule has 5 nitrogen and oxygen atoms in total. The lowest BCUT2D eigenvalue weighted by Crippen LogP contribution is -2.44. The van der Waals surface area contributed by atoms with Crippen molar-refractivity contribution in [2.75, 3.05) is 27.2 Å². The Labute approximate surface area is 193 Å². The Kier molecular flexibility index (Phi) is 6.61. The maximum Gasteiger partial charge on any atom is 0.228 e. The molecular formula is C26H28N2O3S. The Morgan fingerprint density at radius 1 is 1.03 bits per heavy atom. The van der Waals surface area contributed by atoms with Crippen molar-refractivity contribution in [3.63, 3.8) is 0 Å². The molecule has 0 saturated carbocycles. The molecule has 0 spiro atoms. The van der Waals surface area contributed by atoms with E-state index in [4.69, 9.17) is 4.74 Å². The Bertz CT molecular complexity index is 1060. The fraction of sp³-hybridized carbons (Fsp3) is 0.308. The first kappa shape index (κ1) is 22.1. The van der Waals surface area contributed by atoms with Crippen molar-refractivity contribution in [3.8, 4) is 16.9 Å². The van der Waals surface area contributed by atoms with Gasteiger partial charge in [0.2, 0.25) is 11.8 Å². The normalized spacial score (nSPS) is 17.9. The number of likely N-dealkylation sites (tertiary alicyclic amines) is 1. The number of rotatable bonds is 7. The fourth-order valence-corrected chi connectivity index (χ4v) is 5.09. The summed E-state index contributed by atoms with van der Waals surface area (Å²) in [7, 11) is 3.30. The van der Waals surface area contributed by atoms with Crippen molar-refractivity contribution in [3.05, 3.63) is 76.5 Å². The van der Waals surface area contributed by atoms with E-state index in [1.807, 2.05) is 29.2 Å². The molecule has 1 aliphatic heterocycles. The molecule has 166 valence electrons. The lowest BCUT2D eigenvalue weighted by Gasteiger charge is -2.28. The summed E-state index contributed by atoms with van der Waals surface area (Å²) in [5.74, 6) is 0.818. The monoisotopic (exact) mass is 448 g/mol. The van der Waals surface area contributed by atoms with Gasteiger partial charge in [-0.1, -0.05) is 36.4 Å². The standard InChI is InChI=1S/C26H28N2O3S/c1-27-25(30)26(16-20-3-7-21(8-4-20)22-11-14-32-17-22)12-13-28(18-26)24(29)15-19-5-9-23(31-2)10-6-19/h3-11,14,17H,12-13,15-16,18H2,1-2H3,(H,27,30). The first-order chi connectivity index (χ1) is 15.5. The highest BCUT2D eigenvalue weighted by atomic mass is 32.1. The van der Waals surface area contributed by atoms with Crippen LogP contribution in [-0.2, 0) is 22.4 Å². The summed E-state index contributed by atoms with van der Waals surface area (Å²) in [6.07, 6.45) is 1.60. The van der Waals surface area contributed by atoms with Crippen LogP contribution in [0.25, 0.3) is 11.1 Å². The molecule has 1 aromatic heterocycles. The maximum absolute atomic E-state index is 13.0. The van der Waals surface area contributed by atoms with Crippen molar-refractivity contribution in [2.24, 2.45) is 5.41 Å². The number of nitrogens with zero attached hydrogens (tertiary/aromatic N) is 1. The second kappa shape index (κ2) is 9.57. The van der Waals surface area contributed by atoms with Gasteiger partial charge in [0.1, 0.15) is 5.75 Å². The third-order valence-corrected chi connectivity index (χ3v) is 6.96. The quantitative estimate of drug-likeness (QED) is 0.590. The lowest BCUT2D eigenvalue weighted by molar-refractivity contribution is -0.132. The van der Waals surface area contributed by atoms with Gasteiger partial charge in [-0.25, -0.2) is 0 Å². The van der Waals surface area contributed by atoms with Crippen LogP contribution in [0.5, 0.6) is 5.75 Å². The van der Waals surface area contributed by atoms with Crippen LogP contribution in [-0.4, -0.2) is 44.0 Å². The molecule has 1 atom stereocenters. The van der Waals surface area contributed by atoms with E-state index >= 15 is 0 Å². The van der Waals surface area contributed by atoms with Crippen molar-refractivity contribution >= 4 is 23.2 Å². The van der Waals surface area contributed by atoms with Gasteiger partial charge in [-0.05, 0) is 64.1 Å². The molecule has 1 unspecified atom stereocenters. The number of hydrogen-bond donors (Lipinski definition) is 1. The molecule has 6 heteroatoms. The average Bonchev–Trinajstić information content (AvgIpc) is 3.51. The largest absolute Gasteiger partial charge is 0.497 e. The Hall–Kier alpha value is -3.12. The highest BCUT2D eigenvalue weighted by Crippen LogP contribution is 2.35. The summed E-state index contributed by atoms with van der Waals surface area (Å²) in [5, 5.41) is 7.03. The predicted molar refractivity (Wildman–Crippen MR) is 128 cm³/mol. The minimum atomic E-state index is -0.603. The summed E-state index contributed by atoms with van der Waals surface area (Å²) in [6, 6.07) is 18.1. The van der Waals surface area contributed by atoms with Crippen molar-refractivity contribution in [1.82, 2.24) is 10.2 Å². The zero-order chi connectivity index (χ0) is 22.6. The van der Waals surface area contributed by atoms with E-state index in [1.54, 1.807) is 25.5 Å². The number of carbonyl (C=O) groups is 2. The molecule has 1 N–H and O–H groups in total. The number of carbonyl (C=O) groups excluding carboxylic acids is 2.